The molecule has 3 rings (SSSR count). The molecule has 3 atom stereocenters. The first-order valence-electron chi connectivity index (χ1n) is 12.0. The van der Waals surface area contributed by atoms with Crippen LogP contribution in [0.25, 0.3) is 0 Å². The molecule has 33 heavy (non-hydrogen) atoms. The van der Waals surface area contributed by atoms with Gasteiger partial charge in [-0.3, -0.25) is 9.59 Å². The minimum atomic E-state index is -0.280. The molecule has 1 fully saturated rings. The lowest BCUT2D eigenvalue weighted by molar-refractivity contribution is -0.119. The van der Waals surface area contributed by atoms with Crippen molar-refractivity contribution in [1.29, 1.82) is 0 Å². The Labute approximate surface area is 201 Å². The summed E-state index contributed by atoms with van der Waals surface area (Å²) in [4.78, 5) is 25.4. The number of carbonyl (C=O) groups is 2. The summed E-state index contributed by atoms with van der Waals surface area (Å²) < 4.78 is 2.00. The molecule has 0 spiro atoms. The molecule has 0 radical (unpaired) electrons. The molecule has 1 aromatic heterocycles. The van der Waals surface area contributed by atoms with Crippen LogP contribution in [0.15, 0.2) is 29.4 Å². The molecule has 0 saturated heterocycles. The summed E-state index contributed by atoms with van der Waals surface area (Å²) in [6.07, 6.45) is 4.67. The number of aromatic nitrogens is 3. The Morgan fingerprint density at radius 3 is 2.48 bits per heavy atom. The second-order valence-corrected chi connectivity index (χ2v) is 10.3. The van der Waals surface area contributed by atoms with Crippen molar-refractivity contribution in [3.63, 3.8) is 0 Å². The Bertz CT molecular complexity index is 941. The minimum absolute atomic E-state index is 0.0408. The van der Waals surface area contributed by atoms with Crippen LogP contribution in [0.5, 0.6) is 0 Å². The number of nitrogens with one attached hydrogen (secondary N) is 2. The van der Waals surface area contributed by atoms with Gasteiger partial charge in [-0.05, 0) is 50.7 Å². The minimum Gasteiger partial charge on any atom is -0.352 e. The number of nitrogens with zero attached hydrogens (tertiary/aromatic N) is 3. The molecule has 1 aromatic carbocycles. The van der Waals surface area contributed by atoms with Crippen LogP contribution in [0.4, 0.5) is 0 Å². The Morgan fingerprint density at radius 1 is 1.15 bits per heavy atom. The van der Waals surface area contributed by atoms with Crippen LogP contribution in [0.2, 0.25) is 0 Å². The predicted molar refractivity (Wildman–Crippen MR) is 132 cm³/mol. The van der Waals surface area contributed by atoms with Gasteiger partial charge in [-0.1, -0.05) is 63.1 Å². The molecule has 1 saturated carbocycles. The average Bonchev–Trinajstić information content (AvgIpc) is 3.20. The summed E-state index contributed by atoms with van der Waals surface area (Å²) in [5.74, 6) is 1.60. The van der Waals surface area contributed by atoms with Crippen molar-refractivity contribution in [2.24, 2.45) is 11.8 Å². The van der Waals surface area contributed by atoms with Crippen LogP contribution in [0, 0.1) is 18.8 Å². The van der Waals surface area contributed by atoms with Crippen molar-refractivity contribution >= 4 is 23.6 Å². The standard InChI is InChI=1S/C25H37N5O2S/c1-6-30-23(22(16(2)3)27-24(32)19-13-11-17(4)12-14-19)28-29-25(30)33-15-21(31)26-20-10-8-7-9-18(20)5/h11-14,16,18,20,22H,6-10,15H2,1-5H3,(H,26,31)(H,27,32)/t18-,20+,22-/m0/s1. The van der Waals surface area contributed by atoms with Crippen molar-refractivity contribution < 1.29 is 9.59 Å². The van der Waals surface area contributed by atoms with Crippen LogP contribution in [-0.4, -0.2) is 38.4 Å². The number of carbonyl (C=O) groups excluding carboxylic acids is 2. The summed E-state index contributed by atoms with van der Waals surface area (Å²) in [5.41, 5.74) is 1.73. The molecule has 8 heteroatoms. The fourth-order valence-corrected chi connectivity index (χ4v) is 5.12. The van der Waals surface area contributed by atoms with Gasteiger partial charge in [0, 0.05) is 18.2 Å². The van der Waals surface area contributed by atoms with Gasteiger partial charge < -0.3 is 15.2 Å². The van der Waals surface area contributed by atoms with E-state index in [0.717, 1.165) is 17.8 Å². The van der Waals surface area contributed by atoms with Gasteiger partial charge in [0.15, 0.2) is 11.0 Å². The first-order valence-corrected chi connectivity index (χ1v) is 13.0. The van der Waals surface area contributed by atoms with Gasteiger partial charge in [-0.25, -0.2) is 0 Å². The smallest absolute Gasteiger partial charge is 0.251 e. The van der Waals surface area contributed by atoms with E-state index in [1.165, 1.54) is 31.0 Å². The highest BCUT2D eigenvalue weighted by Crippen LogP contribution is 2.26. The first kappa shape index (κ1) is 25.3. The molecule has 1 aliphatic carbocycles. The van der Waals surface area contributed by atoms with E-state index in [9.17, 15) is 9.59 Å². The van der Waals surface area contributed by atoms with Gasteiger partial charge in [0.05, 0.1) is 11.8 Å². The predicted octanol–water partition coefficient (Wildman–Crippen LogP) is 4.52. The van der Waals surface area contributed by atoms with Gasteiger partial charge in [0.2, 0.25) is 5.91 Å². The van der Waals surface area contributed by atoms with E-state index in [-0.39, 0.29) is 29.8 Å². The largest absolute Gasteiger partial charge is 0.352 e. The normalized spacial score (nSPS) is 19.3. The third-order valence-electron chi connectivity index (χ3n) is 6.40. The van der Waals surface area contributed by atoms with Crippen LogP contribution >= 0.6 is 11.8 Å². The lowest BCUT2D eigenvalue weighted by Gasteiger charge is -2.29. The van der Waals surface area contributed by atoms with E-state index in [4.69, 9.17) is 0 Å². The molecule has 7 nitrogen and oxygen atoms in total. The van der Waals surface area contributed by atoms with Gasteiger partial charge >= 0.3 is 0 Å². The molecule has 180 valence electrons. The number of benzene rings is 1. The summed E-state index contributed by atoms with van der Waals surface area (Å²) in [5, 5.41) is 15.8. The van der Waals surface area contributed by atoms with E-state index in [1.807, 2.05) is 42.7 Å². The lowest BCUT2D eigenvalue weighted by atomic mass is 9.86. The quantitative estimate of drug-likeness (QED) is 0.525. The van der Waals surface area contributed by atoms with Gasteiger partial charge in [-0.2, -0.15) is 0 Å². The van der Waals surface area contributed by atoms with Crippen molar-refractivity contribution in [3.8, 4) is 0 Å². The number of thioether (sulfide) groups is 1. The Kier molecular flexibility index (Phi) is 8.95. The molecule has 1 aliphatic rings. The molecule has 2 aromatic rings. The monoisotopic (exact) mass is 471 g/mol. The van der Waals surface area contributed by atoms with Crippen LogP contribution < -0.4 is 10.6 Å². The first-order chi connectivity index (χ1) is 15.8. The van der Waals surface area contributed by atoms with E-state index < -0.39 is 0 Å². The number of amides is 2. The molecular weight excluding hydrogens is 434 g/mol. The van der Waals surface area contributed by atoms with E-state index in [1.54, 1.807) is 0 Å². The number of hydrogen-bond acceptors (Lipinski definition) is 5. The highest BCUT2D eigenvalue weighted by atomic mass is 32.2. The SMILES string of the molecule is CCn1c(SCC(=O)N[C@@H]2CCCC[C@@H]2C)nnc1[C@@H](NC(=O)c1ccc(C)cc1)C(C)C. The van der Waals surface area contributed by atoms with E-state index in [0.29, 0.717) is 28.9 Å². The van der Waals surface area contributed by atoms with E-state index >= 15 is 0 Å². The zero-order valence-electron chi connectivity index (χ0n) is 20.4. The zero-order chi connectivity index (χ0) is 24.0. The second-order valence-electron chi connectivity index (χ2n) is 9.37. The second kappa shape index (κ2) is 11.7. The third-order valence-corrected chi connectivity index (χ3v) is 7.36. The lowest BCUT2D eigenvalue weighted by Crippen LogP contribution is -2.41. The van der Waals surface area contributed by atoms with Crippen molar-refractivity contribution in [2.75, 3.05) is 5.75 Å². The Morgan fingerprint density at radius 2 is 1.85 bits per heavy atom. The highest BCUT2D eigenvalue weighted by molar-refractivity contribution is 7.99. The zero-order valence-corrected chi connectivity index (χ0v) is 21.2. The van der Waals surface area contributed by atoms with Crippen LogP contribution in [0.3, 0.4) is 0 Å². The van der Waals surface area contributed by atoms with Crippen molar-refractivity contribution in [1.82, 2.24) is 25.4 Å². The summed E-state index contributed by atoms with van der Waals surface area (Å²) in [6.45, 7) is 11.0. The van der Waals surface area contributed by atoms with Crippen LogP contribution in [0.1, 0.15) is 81.2 Å². The average molecular weight is 472 g/mol. The van der Waals surface area contributed by atoms with Gasteiger partial charge in [0.1, 0.15) is 0 Å². The molecular formula is C25H37N5O2S. The fraction of sp³-hybridized carbons (Fsp3) is 0.600. The molecule has 2 N–H and O–H groups in total. The third kappa shape index (κ3) is 6.59. The molecule has 2 amide bonds. The van der Waals surface area contributed by atoms with Crippen molar-refractivity contribution in [3.05, 3.63) is 41.2 Å². The molecule has 0 aliphatic heterocycles. The fourth-order valence-electron chi connectivity index (χ4n) is 4.30. The summed E-state index contributed by atoms with van der Waals surface area (Å²) in [6, 6.07) is 7.52. The maximum Gasteiger partial charge on any atom is 0.251 e. The Hall–Kier alpha value is -2.35. The van der Waals surface area contributed by atoms with Crippen molar-refractivity contribution in [2.45, 2.75) is 84.1 Å². The number of rotatable bonds is 9. The van der Waals surface area contributed by atoms with E-state index in [2.05, 4.69) is 41.6 Å². The topological polar surface area (TPSA) is 88.9 Å². The maximum absolute atomic E-state index is 12.9. The molecule has 0 unspecified atom stereocenters. The number of hydrogen-bond donors (Lipinski definition) is 2. The highest BCUT2D eigenvalue weighted by Gasteiger charge is 2.27. The van der Waals surface area contributed by atoms with Crippen LogP contribution in [-0.2, 0) is 11.3 Å². The maximum atomic E-state index is 12.9. The molecule has 1 heterocycles. The van der Waals surface area contributed by atoms with Gasteiger partial charge in [-0.15, -0.1) is 10.2 Å². The summed E-state index contributed by atoms with van der Waals surface area (Å²) in [7, 11) is 0. The Balaban J connectivity index is 1.67. The molecule has 0 bridgehead atoms. The number of aryl methyl sites for hydroxylation is 1. The summed E-state index contributed by atoms with van der Waals surface area (Å²) >= 11 is 1.40. The van der Waals surface area contributed by atoms with Gasteiger partial charge in [0.25, 0.3) is 5.91 Å².